The number of para-hydroxylation sites is 1. The Morgan fingerprint density at radius 2 is 2.23 bits per heavy atom. The molecule has 0 saturated heterocycles. The quantitative estimate of drug-likeness (QED) is 0.603. The maximum absolute atomic E-state index is 13.1. The van der Waals surface area contributed by atoms with E-state index in [4.69, 9.17) is 9.47 Å². The molecule has 0 N–H and O–H groups in total. The molecule has 72 valence electrons. The number of halogens is 2. The molecular formula is C9H10BrFO2. The molecule has 1 aromatic carbocycles. The second kappa shape index (κ2) is 5.19. The highest BCUT2D eigenvalue weighted by Gasteiger charge is 2.06. The third-order valence-electron chi connectivity index (χ3n) is 1.41. The van der Waals surface area contributed by atoms with Crippen molar-refractivity contribution in [3.8, 4) is 5.75 Å². The summed E-state index contributed by atoms with van der Waals surface area (Å²) < 4.78 is 23.7. The highest BCUT2D eigenvalue weighted by Crippen LogP contribution is 2.27. The van der Waals surface area contributed by atoms with Gasteiger partial charge in [-0.1, -0.05) is 6.07 Å². The molecule has 0 unspecified atom stereocenters. The molecule has 0 aliphatic rings. The van der Waals surface area contributed by atoms with Gasteiger partial charge in [-0.05, 0) is 35.0 Å². The molecular weight excluding hydrogens is 239 g/mol. The third-order valence-corrected chi connectivity index (χ3v) is 2.03. The van der Waals surface area contributed by atoms with E-state index in [0.29, 0.717) is 11.1 Å². The summed E-state index contributed by atoms with van der Waals surface area (Å²) in [5.74, 6) is -0.204. The first-order chi connectivity index (χ1) is 6.25. The first kappa shape index (κ1) is 10.5. The molecule has 0 radical (unpaired) electrons. The van der Waals surface area contributed by atoms with Crippen LogP contribution in [0, 0.1) is 5.82 Å². The summed E-state index contributed by atoms with van der Waals surface area (Å²) >= 11 is 3.18. The molecule has 0 aliphatic carbocycles. The Labute approximate surface area is 84.8 Å². The van der Waals surface area contributed by atoms with E-state index in [1.807, 2.05) is 6.92 Å². The molecule has 0 amide bonds. The highest BCUT2D eigenvalue weighted by molar-refractivity contribution is 9.10. The lowest BCUT2D eigenvalue weighted by atomic mass is 10.3. The average Bonchev–Trinajstić information content (AvgIpc) is 2.10. The molecule has 0 heterocycles. The maximum Gasteiger partial charge on any atom is 0.189 e. The van der Waals surface area contributed by atoms with Gasteiger partial charge in [0.2, 0.25) is 0 Å². The van der Waals surface area contributed by atoms with Crippen molar-refractivity contribution in [2.75, 3.05) is 13.4 Å². The molecule has 0 bridgehead atoms. The second-order valence-electron chi connectivity index (χ2n) is 2.31. The van der Waals surface area contributed by atoms with Crippen LogP contribution in [0.1, 0.15) is 6.92 Å². The Bertz CT molecular complexity index is 258. The summed E-state index contributed by atoms with van der Waals surface area (Å²) in [6, 6.07) is 4.66. The standard InChI is InChI=1S/C9H10BrFO2/c1-2-12-6-13-9-7(10)4-3-5-8(9)11/h3-5H,2,6H2,1H3. The molecule has 0 aromatic heterocycles. The minimum Gasteiger partial charge on any atom is -0.463 e. The monoisotopic (exact) mass is 248 g/mol. The van der Waals surface area contributed by atoms with E-state index >= 15 is 0 Å². The molecule has 0 spiro atoms. The zero-order valence-corrected chi connectivity index (χ0v) is 8.80. The van der Waals surface area contributed by atoms with Gasteiger partial charge in [-0.25, -0.2) is 4.39 Å². The minimum absolute atomic E-state index is 0.0655. The van der Waals surface area contributed by atoms with Crippen LogP contribution in [0.15, 0.2) is 22.7 Å². The van der Waals surface area contributed by atoms with Crippen LogP contribution in [0.5, 0.6) is 5.75 Å². The van der Waals surface area contributed by atoms with Gasteiger partial charge in [0.15, 0.2) is 18.4 Å². The molecule has 4 heteroatoms. The molecule has 0 saturated carbocycles. The predicted molar refractivity (Wildman–Crippen MR) is 51.2 cm³/mol. The van der Waals surface area contributed by atoms with E-state index in [-0.39, 0.29) is 12.5 Å². The third kappa shape index (κ3) is 2.97. The Kier molecular flexibility index (Phi) is 4.18. The zero-order chi connectivity index (χ0) is 9.68. The summed E-state index contributed by atoms with van der Waals surface area (Å²) in [6.45, 7) is 2.46. The van der Waals surface area contributed by atoms with Crippen LogP contribution >= 0.6 is 15.9 Å². The lowest BCUT2D eigenvalue weighted by Gasteiger charge is -2.08. The summed E-state index contributed by atoms with van der Waals surface area (Å²) in [7, 11) is 0. The first-order valence-corrected chi connectivity index (χ1v) is 4.69. The van der Waals surface area contributed by atoms with Crippen LogP contribution in [0.25, 0.3) is 0 Å². The van der Waals surface area contributed by atoms with Crippen molar-refractivity contribution in [2.24, 2.45) is 0 Å². The Hall–Kier alpha value is -0.610. The van der Waals surface area contributed by atoms with E-state index < -0.39 is 5.82 Å². The van der Waals surface area contributed by atoms with Crippen molar-refractivity contribution in [3.05, 3.63) is 28.5 Å². The van der Waals surface area contributed by atoms with Crippen molar-refractivity contribution in [2.45, 2.75) is 6.92 Å². The van der Waals surface area contributed by atoms with E-state index in [9.17, 15) is 4.39 Å². The van der Waals surface area contributed by atoms with Crippen LogP contribution in [0.4, 0.5) is 4.39 Å². The SMILES string of the molecule is CCOCOc1c(F)cccc1Br. The Morgan fingerprint density at radius 3 is 2.85 bits per heavy atom. The van der Waals surface area contributed by atoms with Gasteiger partial charge in [0.25, 0.3) is 0 Å². The Morgan fingerprint density at radius 1 is 1.46 bits per heavy atom. The number of hydrogen-bond acceptors (Lipinski definition) is 2. The largest absolute Gasteiger partial charge is 0.463 e. The smallest absolute Gasteiger partial charge is 0.189 e. The van der Waals surface area contributed by atoms with Crippen molar-refractivity contribution < 1.29 is 13.9 Å². The van der Waals surface area contributed by atoms with Gasteiger partial charge in [0.1, 0.15) is 0 Å². The second-order valence-corrected chi connectivity index (χ2v) is 3.16. The van der Waals surface area contributed by atoms with Crippen molar-refractivity contribution >= 4 is 15.9 Å². The molecule has 0 atom stereocenters. The fourth-order valence-electron chi connectivity index (χ4n) is 0.804. The normalized spacial score (nSPS) is 10.1. The maximum atomic E-state index is 13.1. The fraction of sp³-hybridized carbons (Fsp3) is 0.333. The van der Waals surface area contributed by atoms with Gasteiger partial charge < -0.3 is 9.47 Å². The van der Waals surface area contributed by atoms with E-state index in [1.165, 1.54) is 6.07 Å². The molecule has 1 rings (SSSR count). The lowest BCUT2D eigenvalue weighted by Crippen LogP contribution is -2.03. The van der Waals surface area contributed by atoms with Gasteiger partial charge in [0.05, 0.1) is 4.47 Å². The van der Waals surface area contributed by atoms with Gasteiger partial charge in [0, 0.05) is 6.61 Å². The average molecular weight is 249 g/mol. The van der Waals surface area contributed by atoms with Crippen molar-refractivity contribution in [1.29, 1.82) is 0 Å². The van der Waals surface area contributed by atoms with E-state index in [1.54, 1.807) is 12.1 Å². The van der Waals surface area contributed by atoms with Crippen LogP contribution in [-0.2, 0) is 4.74 Å². The summed E-state index contributed by atoms with van der Waals surface area (Å²) in [4.78, 5) is 0. The number of benzene rings is 1. The van der Waals surface area contributed by atoms with Gasteiger partial charge >= 0.3 is 0 Å². The topological polar surface area (TPSA) is 18.5 Å². The first-order valence-electron chi connectivity index (χ1n) is 3.90. The predicted octanol–water partition coefficient (Wildman–Crippen LogP) is 2.96. The number of rotatable bonds is 4. The fourth-order valence-corrected chi connectivity index (χ4v) is 1.26. The minimum atomic E-state index is -0.394. The van der Waals surface area contributed by atoms with Crippen LogP contribution in [0.3, 0.4) is 0 Å². The van der Waals surface area contributed by atoms with E-state index in [0.717, 1.165) is 0 Å². The molecule has 1 aromatic rings. The molecule has 2 nitrogen and oxygen atoms in total. The lowest BCUT2D eigenvalue weighted by molar-refractivity contribution is 0.0196. The van der Waals surface area contributed by atoms with Gasteiger partial charge in [-0.2, -0.15) is 0 Å². The molecule has 0 aliphatic heterocycles. The number of ether oxygens (including phenoxy) is 2. The Balaban J connectivity index is 2.64. The van der Waals surface area contributed by atoms with Gasteiger partial charge in [-0.15, -0.1) is 0 Å². The molecule has 0 fully saturated rings. The number of hydrogen-bond donors (Lipinski definition) is 0. The van der Waals surface area contributed by atoms with Gasteiger partial charge in [-0.3, -0.25) is 0 Å². The van der Waals surface area contributed by atoms with Crippen LogP contribution in [-0.4, -0.2) is 13.4 Å². The summed E-state index contributed by atoms with van der Waals surface area (Å²) in [5, 5.41) is 0. The summed E-state index contributed by atoms with van der Waals surface area (Å²) in [5.41, 5.74) is 0. The van der Waals surface area contributed by atoms with Crippen molar-refractivity contribution in [3.63, 3.8) is 0 Å². The zero-order valence-electron chi connectivity index (χ0n) is 7.22. The molecule has 13 heavy (non-hydrogen) atoms. The van der Waals surface area contributed by atoms with Crippen molar-refractivity contribution in [1.82, 2.24) is 0 Å². The summed E-state index contributed by atoms with van der Waals surface area (Å²) in [6.07, 6.45) is 0. The van der Waals surface area contributed by atoms with E-state index in [2.05, 4.69) is 15.9 Å². The van der Waals surface area contributed by atoms with Crippen LogP contribution < -0.4 is 4.74 Å². The highest BCUT2D eigenvalue weighted by atomic mass is 79.9. The van der Waals surface area contributed by atoms with Crippen LogP contribution in [0.2, 0.25) is 0 Å².